The number of rotatable bonds is 9. The third-order valence-corrected chi connectivity index (χ3v) is 6.37. The van der Waals surface area contributed by atoms with Gasteiger partial charge in [0.25, 0.3) is 5.56 Å². The lowest BCUT2D eigenvalue weighted by Crippen LogP contribution is -2.45. The first kappa shape index (κ1) is 23.8. The highest BCUT2D eigenvalue weighted by molar-refractivity contribution is 5.82. The second-order valence-electron chi connectivity index (χ2n) is 8.66. The van der Waals surface area contributed by atoms with Gasteiger partial charge in [-0.25, -0.2) is 4.79 Å². The second-order valence-corrected chi connectivity index (χ2v) is 8.66. The van der Waals surface area contributed by atoms with E-state index < -0.39 is 29.6 Å². The normalized spacial score (nSPS) is 20.9. The van der Waals surface area contributed by atoms with Crippen LogP contribution in [0.25, 0.3) is 0 Å². The first-order chi connectivity index (χ1) is 15.4. The average molecular weight is 449 g/mol. The van der Waals surface area contributed by atoms with Gasteiger partial charge in [0.15, 0.2) is 5.75 Å². The Labute approximate surface area is 186 Å². The van der Waals surface area contributed by atoms with Crippen LogP contribution in [0.4, 0.5) is 4.79 Å². The number of hydrogen-bond donors (Lipinski definition) is 4. The smallest absolute Gasteiger partial charge is 0.405 e. The van der Waals surface area contributed by atoms with Gasteiger partial charge in [-0.05, 0) is 37.3 Å². The third kappa shape index (κ3) is 6.09. The first-order valence-electron chi connectivity index (χ1n) is 11.3. The van der Waals surface area contributed by atoms with E-state index in [1.165, 1.54) is 22.9 Å². The van der Waals surface area contributed by atoms with Gasteiger partial charge in [0.05, 0.1) is 12.6 Å². The van der Waals surface area contributed by atoms with Crippen LogP contribution in [0.5, 0.6) is 5.75 Å². The van der Waals surface area contributed by atoms with E-state index in [4.69, 9.17) is 10.5 Å². The summed E-state index contributed by atoms with van der Waals surface area (Å²) in [4.78, 5) is 49.3. The fourth-order valence-corrected chi connectivity index (χ4v) is 4.70. The number of primary amides is 1. The zero-order valence-corrected chi connectivity index (χ0v) is 18.1. The zero-order chi connectivity index (χ0) is 23.1. The predicted octanol–water partition coefficient (Wildman–Crippen LogP) is 0.821. The summed E-state index contributed by atoms with van der Waals surface area (Å²) in [6.45, 7) is 0.271. The molecule has 3 amide bonds. The minimum atomic E-state index is -1.11. The molecule has 32 heavy (non-hydrogen) atoms. The highest BCUT2D eigenvalue weighted by Crippen LogP contribution is 2.31. The van der Waals surface area contributed by atoms with Crippen molar-refractivity contribution < 1.29 is 24.2 Å². The van der Waals surface area contributed by atoms with Gasteiger partial charge in [0.1, 0.15) is 6.04 Å². The predicted molar refractivity (Wildman–Crippen MR) is 116 cm³/mol. The van der Waals surface area contributed by atoms with Crippen molar-refractivity contribution in [2.45, 2.75) is 63.5 Å². The molecule has 1 saturated carbocycles. The van der Waals surface area contributed by atoms with Crippen LogP contribution >= 0.6 is 0 Å². The van der Waals surface area contributed by atoms with Gasteiger partial charge in [0.2, 0.25) is 11.8 Å². The molecule has 0 spiro atoms. The van der Waals surface area contributed by atoms with E-state index in [2.05, 4.69) is 10.6 Å². The topological polar surface area (TPSA) is 153 Å². The van der Waals surface area contributed by atoms with Gasteiger partial charge in [-0.1, -0.05) is 32.1 Å². The Morgan fingerprint density at radius 3 is 2.59 bits per heavy atom. The van der Waals surface area contributed by atoms with Crippen LogP contribution in [-0.4, -0.2) is 46.8 Å². The number of pyridine rings is 1. The second kappa shape index (κ2) is 11.1. The van der Waals surface area contributed by atoms with Gasteiger partial charge in [0, 0.05) is 18.7 Å². The van der Waals surface area contributed by atoms with Crippen LogP contribution in [0.2, 0.25) is 0 Å². The maximum atomic E-state index is 13.3. The number of carbonyl (C=O) groups excluding carboxylic acids is 3. The molecule has 176 valence electrons. The van der Waals surface area contributed by atoms with E-state index in [0.29, 0.717) is 25.8 Å². The molecule has 1 aromatic heterocycles. The molecular formula is C22H32N4O6. The molecule has 1 aliphatic heterocycles. The monoisotopic (exact) mass is 448 g/mol. The Morgan fingerprint density at radius 1 is 1.22 bits per heavy atom. The minimum Gasteiger partial charge on any atom is -0.405 e. The standard InChI is InChI=1S/C22H32N4O6/c23-22(31)32-18-7-4-10-26(21(18)30)17(11-14-5-2-1-3-6-14)20(29)25-16(13-27)12-15-8-9-24-19(15)28/h4,7,10,14-17,27H,1-3,5-6,8-9,11-13H2,(H2,23,31)(H,24,28)(H,25,29)/t15-,16-,17-/m0/s1. The van der Waals surface area contributed by atoms with Crippen molar-refractivity contribution in [1.82, 2.24) is 15.2 Å². The number of ether oxygens (including phenoxy) is 1. The quantitative estimate of drug-likeness (QED) is 0.439. The number of aliphatic hydroxyl groups is 1. The summed E-state index contributed by atoms with van der Waals surface area (Å²) in [6.07, 6.45) is 7.07. The number of hydrogen-bond acceptors (Lipinski definition) is 6. The van der Waals surface area contributed by atoms with Gasteiger partial charge in [-0.3, -0.25) is 19.0 Å². The third-order valence-electron chi connectivity index (χ3n) is 6.37. The molecule has 2 aliphatic rings. The molecule has 1 aromatic rings. The van der Waals surface area contributed by atoms with Crippen LogP contribution in [0.1, 0.15) is 57.4 Å². The number of aromatic nitrogens is 1. The van der Waals surface area contributed by atoms with Crippen molar-refractivity contribution in [3.63, 3.8) is 0 Å². The number of aliphatic hydroxyl groups excluding tert-OH is 1. The molecule has 2 heterocycles. The van der Waals surface area contributed by atoms with E-state index in [1.54, 1.807) is 0 Å². The SMILES string of the molecule is NC(=O)Oc1cccn([C@@H](CC2CCCCC2)C(=O)N[C@H](CO)C[C@@H]2CCNC2=O)c1=O. The summed E-state index contributed by atoms with van der Waals surface area (Å²) in [6, 6.07) is 1.40. The average Bonchev–Trinajstić information content (AvgIpc) is 3.18. The van der Waals surface area contributed by atoms with Crippen LogP contribution in [0.3, 0.4) is 0 Å². The zero-order valence-electron chi connectivity index (χ0n) is 18.1. The largest absolute Gasteiger partial charge is 0.410 e. The Hall–Kier alpha value is -2.88. The van der Waals surface area contributed by atoms with Crippen molar-refractivity contribution in [1.29, 1.82) is 0 Å². The molecule has 10 nitrogen and oxygen atoms in total. The lowest BCUT2D eigenvalue weighted by atomic mass is 9.84. The van der Waals surface area contributed by atoms with Crippen molar-refractivity contribution in [3.05, 3.63) is 28.7 Å². The van der Waals surface area contributed by atoms with Crippen LogP contribution < -0.4 is 26.7 Å². The number of nitrogens with zero attached hydrogens (tertiary/aromatic N) is 1. The van der Waals surface area contributed by atoms with Crippen LogP contribution in [0.15, 0.2) is 23.1 Å². The van der Waals surface area contributed by atoms with Crippen molar-refractivity contribution >= 4 is 17.9 Å². The van der Waals surface area contributed by atoms with E-state index in [0.717, 1.165) is 32.1 Å². The molecular weight excluding hydrogens is 416 g/mol. The Balaban J connectivity index is 1.81. The molecule has 0 radical (unpaired) electrons. The molecule has 3 atom stereocenters. The molecule has 5 N–H and O–H groups in total. The van der Waals surface area contributed by atoms with Crippen molar-refractivity contribution in [2.24, 2.45) is 17.6 Å². The summed E-state index contributed by atoms with van der Waals surface area (Å²) >= 11 is 0. The molecule has 1 aliphatic carbocycles. The van der Waals surface area contributed by atoms with Crippen LogP contribution in [0, 0.1) is 11.8 Å². The number of amides is 3. The molecule has 2 fully saturated rings. The van der Waals surface area contributed by atoms with Gasteiger partial charge < -0.3 is 26.2 Å². The summed E-state index contributed by atoms with van der Waals surface area (Å²) in [5.41, 5.74) is 4.43. The van der Waals surface area contributed by atoms with Gasteiger partial charge in [-0.2, -0.15) is 0 Å². The number of nitrogens with one attached hydrogen (secondary N) is 2. The molecule has 1 saturated heterocycles. The Kier molecular flexibility index (Phi) is 8.26. The summed E-state index contributed by atoms with van der Waals surface area (Å²) in [7, 11) is 0. The fraction of sp³-hybridized carbons (Fsp3) is 0.636. The molecule has 0 bridgehead atoms. The van der Waals surface area contributed by atoms with Gasteiger partial charge >= 0.3 is 6.09 Å². The fourth-order valence-electron chi connectivity index (χ4n) is 4.70. The lowest BCUT2D eigenvalue weighted by Gasteiger charge is -2.29. The number of nitrogens with two attached hydrogens (primary N) is 1. The maximum Gasteiger partial charge on any atom is 0.410 e. The van der Waals surface area contributed by atoms with E-state index in [9.17, 15) is 24.3 Å². The molecule has 0 unspecified atom stereocenters. The lowest BCUT2D eigenvalue weighted by molar-refractivity contribution is -0.127. The first-order valence-corrected chi connectivity index (χ1v) is 11.3. The molecule has 0 aromatic carbocycles. The van der Waals surface area contributed by atoms with E-state index in [-0.39, 0.29) is 30.1 Å². The summed E-state index contributed by atoms with van der Waals surface area (Å²) in [5.74, 6) is -0.724. The Morgan fingerprint density at radius 2 is 1.97 bits per heavy atom. The summed E-state index contributed by atoms with van der Waals surface area (Å²) < 4.78 is 6.06. The Bertz CT molecular complexity index is 879. The maximum absolute atomic E-state index is 13.3. The van der Waals surface area contributed by atoms with Gasteiger partial charge in [-0.15, -0.1) is 0 Å². The van der Waals surface area contributed by atoms with E-state index in [1.807, 2.05) is 0 Å². The van der Waals surface area contributed by atoms with E-state index >= 15 is 0 Å². The highest BCUT2D eigenvalue weighted by Gasteiger charge is 2.31. The minimum absolute atomic E-state index is 0.0797. The molecule has 3 rings (SSSR count). The van der Waals surface area contributed by atoms with Crippen molar-refractivity contribution in [2.75, 3.05) is 13.2 Å². The highest BCUT2D eigenvalue weighted by atomic mass is 16.5. The molecule has 10 heteroatoms. The van der Waals surface area contributed by atoms with Crippen molar-refractivity contribution in [3.8, 4) is 5.75 Å². The summed E-state index contributed by atoms with van der Waals surface area (Å²) in [5, 5.41) is 15.4. The van der Waals surface area contributed by atoms with Crippen LogP contribution in [-0.2, 0) is 9.59 Å². The number of carbonyl (C=O) groups is 3.